The average Bonchev–Trinajstić information content (AvgIpc) is 2.92. The van der Waals surface area contributed by atoms with E-state index >= 15 is 0 Å². The maximum atomic E-state index is 11.8. The van der Waals surface area contributed by atoms with Crippen molar-refractivity contribution in [2.24, 2.45) is 0 Å². The Balaban J connectivity index is 2.17. The standard InChI is InChI=1S/C15H18ClN3O2/c1-3-8-19-12(6-7-18-19)10-17-14-9-11(16)4-5-13(14)15(20)21-2/h4-7,9,17H,3,8,10H2,1-2H3. The summed E-state index contributed by atoms with van der Waals surface area (Å²) in [7, 11) is 1.36. The molecule has 0 aliphatic rings. The van der Waals surface area contributed by atoms with Gasteiger partial charge in [-0.05, 0) is 30.7 Å². The van der Waals surface area contributed by atoms with E-state index in [9.17, 15) is 4.79 Å². The number of methoxy groups -OCH3 is 1. The molecule has 0 amide bonds. The molecule has 21 heavy (non-hydrogen) atoms. The highest BCUT2D eigenvalue weighted by Crippen LogP contribution is 2.22. The van der Waals surface area contributed by atoms with Gasteiger partial charge in [-0.25, -0.2) is 4.79 Å². The van der Waals surface area contributed by atoms with Gasteiger partial charge in [0.05, 0.1) is 30.6 Å². The Kier molecular flexibility index (Phi) is 5.22. The molecule has 6 heteroatoms. The van der Waals surface area contributed by atoms with Crippen LogP contribution in [-0.2, 0) is 17.8 Å². The first-order valence-electron chi connectivity index (χ1n) is 6.78. The number of aryl methyl sites for hydroxylation is 1. The minimum Gasteiger partial charge on any atom is -0.465 e. The predicted octanol–water partition coefficient (Wildman–Crippen LogP) is 3.35. The van der Waals surface area contributed by atoms with E-state index < -0.39 is 5.97 Å². The molecule has 0 saturated heterocycles. The molecule has 1 aromatic heterocycles. The van der Waals surface area contributed by atoms with Gasteiger partial charge in [-0.1, -0.05) is 18.5 Å². The zero-order valence-electron chi connectivity index (χ0n) is 12.1. The summed E-state index contributed by atoms with van der Waals surface area (Å²) in [6.07, 6.45) is 2.78. The second kappa shape index (κ2) is 7.13. The average molecular weight is 308 g/mol. The van der Waals surface area contributed by atoms with Crippen LogP contribution in [0.25, 0.3) is 0 Å². The number of ether oxygens (including phenoxy) is 1. The van der Waals surface area contributed by atoms with Crippen LogP contribution < -0.4 is 5.32 Å². The Morgan fingerprint density at radius 1 is 1.43 bits per heavy atom. The topological polar surface area (TPSA) is 56.2 Å². The highest BCUT2D eigenvalue weighted by Gasteiger charge is 2.12. The third-order valence-electron chi connectivity index (χ3n) is 3.09. The van der Waals surface area contributed by atoms with E-state index in [1.165, 1.54) is 7.11 Å². The highest BCUT2D eigenvalue weighted by molar-refractivity contribution is 6.31. The number of hydrogen-bond acceptors (Lipinski definition) is 4. The lowest BCUT2D eigenvalue weighted by Crippen LogP contribution is -2.11. The molecule has 1 heterocycles. The van der Waals surface area contributed by atoms with Crippen molar-refractivity contribution in [3.63, 3.8) is 0 Å². The fraction of sp³-hybridized carbons (Fsp3) is 0.333. The van der Waals surface area contributed by atoms with E-state index in [1.807, 2.05) is 10.7 Å². The Hall–Kier alpha value is -2.01. The van der Waals surface area contributed by atoms with Crippen molar-refractivity contribution in [2.45, 2.75) is 26.4 Å². The highest BCUT2D eigenvalue weighted by atomic mass is 35.5. The number of rotatable bonds is 6. The van der Waals surface area contributed by atoms with Crippen LogP contribution in [0.5, 0.6) is 0 Å². The molecule has 0 atom stereocenters. The van der Waals surface area contributed by atoms with Gasteiger partial charge in [-0.15, -0.1) is 0 Å². The maximum absolute atomic E-state index is 11.8. The van der Waals surface area contributed by atoms with Gasteiger partial charge in [0.1, 0.15) is 0 Å². The third kappa shape index (κ3) is 3.76. The van der Waals surface area contributed by atoms with Crippen molar-refractivity contribution in [1.29, 1.82) is 0 Å². The number of carbonyl (C=O) groups is 1. The van der Waals surface area contributed by atoms with Crippen LogP contribution in [0.2, 0.25) is 5.02 Å². The van der Waals surface area contributed by atoms with Crippen LogP contribution in [0.1, 0.15) is 29.4 Å². The number of halogens is 1. The molecule has 0 radical (unpaired) electrons. The molecule has 0 unspecified atom stereocenters. The summed E-state index contributed by atoms with van der Waals surface area (Å²) >= 11 is 6.00. The van der Waals surface area contributed by atoms with Crippen molar-refractivity contribution in [3.05, 3.63) is 46.7 Å². The van der Waals surface area contributed by atoms with Crippen molar-refractivity contribution in [1.82, 2.24) is 9.78 Å². The molecule has 0 spiro atoms. The Labute approximate surface area is 128 Å². The second-order valence-electron chi connectivity index (χ2n) is 4.58. The Bertz CT molecular complexity index is 625. The predicted molar refractivity (Wildman–Crippen MR) is 82.6 cm³/mol. The molecule has 0 aliphatic carbocycles. The number of benzene rings is 1. The number of esters is 1. The van der Waals surface area contributed by atoms with E-state index in [0.717, 1.165) is 18.7 Å². The van der Waals surface area contributed by atoms with Gasteiger partial charge < -0.3 is 10.1 Å². The summed E-state index contributed by atoms with van der Waals surface area (Å²) in [6.45, 7) is 3.53. The van der Waals surface area contributed by atoms with Crippen LogP contribution in [0.4, 0.5) is 5.69 Å². The molecular formula is C15H18ClN3O2. The monoisotopic (exact) mass is 307 g/mol. The van der Waals surface area contributed by atoms with Crippen molar-refractivity contribution < 1.29 is 9.53 Å². The number of nitrogens with one attached hydrogen (secondary N) is 1. The molecule has 1 N–H and O–H groups in total. The van der Waals surface area contributed by atoms with E-state index in [-0.39, 0.29) is 0 Å². The van der Waals surface area contributed by atoms with Crippen molar-refractivity contribution in [3.8, 4) is 0 Å². The molecule has 1 aromatic carbocycles. The van der Waals surface area contributed by atoms with Gasteiger partial charge >= 0.3 is 5.97 Å². The van der Waals surface area contributed by atoms with Crippen LogP contribution in [0.15, 0.2) is 30.5 Å². The normalized spacial score (nSPS) is 10.4. The first kappa shape index (κ1) is 15.4. The molecular weight excluding hydrogens is 290 g/mol. The molecule has 0 saturated carbocycles. The second-order valence-corrected chi connectivity index (χ2v) is 5.02. The lowest BCUT2D eigenvalue weighted by atomic mass is 10.1. The lowest BCUT2D eigenvalue weighted by Gasteiger charge is -2.12. The van der Waals surface area contributed by atoms with Gasteiger partial charge in [0, 0.05) is 17.8 Å². The number of aromatic nitrogens is 2. The van der Waals surface area contributed by atoms with Gasteiger partial charge in [0.25, 0.3) is 0 Å². The molecule has 2 aromatic rings. The van der Waals surface area contributed by atoms with E-state index in [0.29, 0.717) is 22.8 Å². The van der Waals surface area contributed by atoms with Gasteiger partial charge in [0.2, 0.25) is 0 Å². The molecule has 0 fully saturated rings. The van der Waals surface area contributed by atoms with Crippen molar-refractivity contribution >= 4 is 23.3 Å². The summed E-state index contributed by atoms with van der Waals surface area (Å²) in [5, 5.41) is 8.06. The number of hydrogen-bond donors (Lipinski definition) is 1. The maximum Gasteiger partial charge on any atom is 0.339 e. The fourth-order valence-corrected chi connectivity index (χ4v) is 2.23. The minimum absolute atomic E-state index is 0.392. The van der Waals surface area contributed by atoms with Crippen molar-refractivity contribution in [2.75, 3.05) is 12.4 Å². The number of nitrogens with zero attached hydrogens (tertiary/aromatic N) is 2. The zero-order chi connectivity index (χ0) is 15.2. The first-order chi connectivity index (χ1) is 10.2. The molecule has 112 valence electrons. The number of carbonyl (C=O) groups excluding carboxylic acids is 1. The lowest BCUT2D eigenvalue weighted by molar-refractivity contribution is 0.0602. The minimum atomic E-state index is -0.392. The van der Waals surface area contributed by atoms with Crippen LogP contribution >= 0.6 is 11.6 Å². The van der Waals surface area contributed by atoms with Crippen LogP contribution in [0, 0.1) is 0 Å². The van der Waals surface area contributed by atoms with Gasteiger partial charge in [-0.3, -0.25) is 4.68 Å². The zero-order valence-corrected chi connectivity index (χ0v) is 12.9. The summed E-state index contributed by atoms with van der Waals surface area (Å²) in [4.78, 5) is 11.8. The fourth-order valence-electron chi connectivity index (χ4n) is 2.06. The Morgan fingerprint density at radius 3 is 2.95 bits per heavy atom. The third-order valence-corrected chi connectivity index (χ3v) is 3.32. The van der Waals surface area contributed by atoms with Crippen LogP contribution in [-0.4, -0.2) is 22.9 Å². The quantitative estimate of drug-likeness (QED) is 0.832. The van der Waals surface area contributed by atoms with E-state index in [4.69, 9.17) is 16.3 Å². The van der Waals surface area contributed by atoms with Crippen LogP contribution in [0.3, 0.4) is 0 Å². The molecule has 0 bridgehead atoms. The smallest absolute Gasteiger partial charge is 0.339 e. The summed E-state index contributed by atoms with van der Waals surface area (Å²) in [5.74, 6) is -0.392. The summed E-state index contributed by atoms with van der Waals surface area (Å²) < 4.78 is 6.72. The molecule has 2 rings (SSSR count). The van der Waals surface area contributed by atoms with Gasteiger partial charge in [-0.2, -0.15) is 5.10 Å². The molecule has 0 aliphatic heterocycles. The Morgan fingerprint density at radius 2 is 2.24 bits per heavy atom. The summed E-state index contributed by atoms with van der Waals surface area (Å²) in [5.41, 5.74) is 2.16. The van der Waals surface area contributed by atoms with E-state index in [1.54, 1.807) is 24.4 Å². The van der Waals surface area contributed by atoms with E-state index in [2.05, 4.69) is 17.3 Å². The van der Waals surface area contributed by atoms with Gasteiger partial charge in [0.15, 0.2) is 0 Å². The largest absolute Gasteiger partial charge is 0.465 e. The SMILES string of the molecule is CCCn1nccc1CNc1cc(Cl)ccc1C(=O)OC. The first-order valence-corrected chi connectivity index (χ1v) is 7.16. The number of anilines is 1. The molecule has 5 nitrogen and oxygen atoms in total. The summed E-state index contributed by atoms with van der Waals surface area (Å²) in [6, 6.07) is 6.99.